The van der Waals surface area contributed by atoms with Crippen LogP contribution >= 0.6 is 0 Å². The lowest BCUT2D eigenvalue weighted by Gasteiger charge is -2.06. The predicted octanol–water partition coefficient (Wildman–Crippen LogP) is 0.959. The fourth-order valence-corrected chi connectivity index (χ4v) is 2.52. The van der Waals surface area contributed by atoms with Crippen molar-refractivity contribution in [3.8, 4) is 0 Å². The molecule has 1 aromatic carbocycles. The number of hydrogen-bond donors (Lipinski definition) is 2. The summed E-state index contributed by atoms with van der Waals surface area (Å²) in [4.78, 5) is 23.2. The molecule has 0 radical (unpaired) electrons. The topological polar surface area (TPSA) is 137 Å². The summed E-state index contributed by atoms with van der Waals surface area (Å²) >= 11 is 0. The molecule has 0 fully saturated rings. The maximum Gasteiger partial charge on any atom is 0.332 e. The lowest BCUT2D eigenvalue weighted by Crippen LogP contribution is -2.24. The molecule has 0 saturated heterocycles. The van der Waals surface area contributed by atoms with Crippen LogP contribution in [-0.2, 0) is 6.54 Å². The number of carbonyl (C=O) groups is 1. The molecule has 0 spiro atoms. The van der Waals surface area contributed by atoms with Crippen LogP contribution < -0.4 is 11.2 Å². The first-order chi connectivity index (χ1) is 13.1. The van der Waals surface area contributed by atoms with E-state index < -0.39 is 11.8 Å². The van der Waals surface area contributed by atoms with Gasteiger partial charge in [-0.1, -0.05) is 11.3 Å². The molecule has 134 valence electrons. The minimum absolute atomic E-state index is 0.113. The molecule has 0 atom stereocenters. The molecule has 4 rings (SSSR count). The summed E-state index contributed by atoms with van der Waals surface area (Å²) in [6.45, 7) is 0.113. The van der Waals surface area contributed by atoms with E-state index in [2.05, 4.69) is 35.8 Å². The molecule has 0 unspecified atom stereocenters. The second kappa shape index (κ2) is 6.71. The maximum absolute atomic E-state index is 14.4. The van der Waals surface area contributed by atoms with E-state index in [4.69, 9.17) is 5.73 Å². The van der Waals surface area contributed by atoms with Crippen LogP contribution in [0.2, 0.25) is 0 Å². The molecule has 3 aromatic heterocycles. The Morgan fingerprint density at radius 3 is 3.11 bits per heavy atom. The Kier molecular flexibility index (Phi) is 4.09. The molecule has 0 saturated carbocycles. The Labute approximate surface area is 150 Å². The predicted molar refractivity (Wildman–Crippen MR) is 94.2 cm³/mol. The number of aromatic nitrogens is 6. The molecule has 0 aliphatic heterocycles. The molecule has 0 aliphatic carbocycles. The molecular weight excluding hydrogens is 353 g/mol. The largest absolute Gasteiger partial charge is 0.350 e. The van der Waals surface area contributed by atoms with Gasteiger partial charge in [-0.25, -0.2) is 29.3 Å². The Morgan fingerprint density at radius 1 is 1.37 bits per heavy atom. The molecule has 27 heavy (non-hydrogen) atoms. The van der Waals surface area contributed by atoms with Crippen LogP contribution in [0.4, 0.5) is 9.18 Å². The van der Waals surface area contributed by atoms with Crippen molar-refractivity contribution < 1.29 is 9.18 Å². The first-order valence-corrected chi connectivity index (χ1v) is 7.78. The second-order valence-electron chi connectivity index (χ2n) is 5.56. The van der Waals surface area contributed by atoms with Crippen LogP contribution in [0.3, 0.4) is 0 Å². The highest BCUT2D eigenvalue weighted by molar-refractivity contribution is 5.81. The normalized spacial score (nSPS) is 11.4. The van der Waals surface area contributed by atoms with Crippen molar-refractivity contribution in [2.75, 3.05) is 0 Å². The summed E-state index contributed by atoms with van der Waals surface area (Å²) in [5.74, 6) is -0.402. The Bertz CT molecular complexity index is 1190. The third-order valence-electron chi connectivity index (χ3n) is 3.71. The van der Waals surface area contributed by atoms with E-state index in [-0.39, 0.29) is 6.54 Å². The Hall–Kier alpha value is -4.02. The van der Waals surface area contributed by atoms with Gasteiger partial charge in [0.1, 0.15) is 11.5 Å². The minimum Gasteiger partial charge on any atom is -0.350 e. The lowest BCUT2D eigenvalue weighted by atomic mass is 10.1. The van der Waals surface area contributed by atoms with E-state index in [1.54, 1.807) is 18.3 Å². The summed E-state index contributed by atoms with van der Waals surface area (Å²) in [5.41, 5.74) is 8.98. The molecule has 2 amide bonds. The molecule has 3 N–H and O–H groups in total. The van der Waals surface area contributed by atoms with Crippen molar-refractivity contribution in [3.05, 3.63) is 53.7 Å². The number of amides is 2. The number of halogens is 1. The van der Waals surface area contributed by atoms with Crippen molar-refractivity contribution in [3.63, 3.8) is 0 Å². The van der Waals surface area contributed by atoms with Gasteiger partial charge in [0.05, 0.1) is 24.5 Å². The SMILES string of the molecule is NC(=O)N/N=C/c1cnc2nnn(Cc3cc4cccnc4cc3F)c2n1. The van der Waals surface area contributed by atoms with Gasteiger partial charge in [0.25, 0.3) is 0 Å². The summed E-state index contributed by atoms with van der Waals surface area (Å²) in [5, 5.41) is 12.4. The van der Waals surface area contributed by atoms with Gasteiger partial charge in [-0.3, -0.25) is 4.98 Å². The highest BCUT2D eigenvalue weighted by atomic mass is 19.1. The average Bonchev–Trinajstić information content (AvgIpc) is 3.04. The van der Waals surface area contributed by atoms with Gasteiger partial charge in [-0.2, -0.15) is 5.10 Å². The quantitative estimate of drug-likeness (QED) is 0.408. The number of nitrogens with one attached hydrogen (secondary N) is 1. The fraction of sp³-hybridized carbons (Fsp3) is 0.0625. The van der Waals surface area contributed by atoms with Gasteiger partial charge in [0, 0.05) is 23.2 Å². The van der Waals surface area contributed by atoms with E-state index in [9.17, 15) is 9.18 Å². The third kappa shape index (κ3) is 3.38. The van der Waals surface area contributed by atoms with Crippen molar-refractivity contribution >= 4 is 34.4 Å². The van der Waals surface area contributed by atoms with Crippen molar-refractivity contribution in [1.29, 1.82) is 0 Å². The van der Waals surface area contributed by atoms with Crippen LogP contribution in [0.15, 0.2) is 41.8 Å². The molecule has 0 aliphatic rings. The monoisotopic (exact) mass is 365 g/mol. The fourth-order valence-electron chi connectivity index (χ4n) is 2.52. The second-order valence-corrected chi connectivity index (χ2v) is 5.56. The third-order valence-corrected chi connectivity index (χ3v) is 3.71. The van der Waals surface area contributed by atoms with Crippen LogP contribution in [0.1, 0.15) is 11.3 Å². The average molecular weight is 365 g/mol. The number of hydrazone groups is 1. The van der Waals surface area contributed by atoms with Gasteiger partial charge in [0.2, 0.25) is 5.65 Å². The van der Waals surface area contributed by atoms with Crippen LogP contribution in [0, 0.1) is 5.82 Å². The van der Waals surface area contributed by atoms with Gasteiger partial charge >= 0.3 is 6.03 Å². The summed E-state index contributed by atoms with van der Waals surface area (Å²) in [6, 6.07) is 5.92. The first kappa shape index (κ1) is 16.4. The van der Waals surface area contributed by atoms with Gasteiger partial charge in [-0.15, -0.1) is 5.10 Å². The summed E-state index contributed by atoms with van der Waals surface area (Å²) < 4.78 is 15.9. The maximum atomic E-state index is 14.4. The standard InChI is InChI=1S/C16H12FN9O/c17-12-5-13-9(2-1-3-19-13)4-10(12)8-26-15-14(23-25-26)20-6-11(22-15)7-21-24-16(18)27/h1-7H,8H2,(H3,18,24,27)/b21-7+. The zero-order valence-corrected chi connectivity index (χ0v) is 13.7. The number of fused-ring (bicyclic) bond motifs is 2. The van der Waals surface area contributed by atoms with Gasteiger partial charge in [0.15, 0.2) is 5.65 Å². The molecule has 11 heteroatoms. The number of pyridine rings is 1. The highest BCUT2D eigenvalue weighted by Gasteiger charge is 2.12. The molecule has 3 heterocycles. The number of carbonyl (C=O) groups excluding carboxylic acids is 1. The van der Waals surface area contributed by atoms with E-state index in [1.165, 1.54) is 23.2 Å². The van der Waals surface area contributed by atoms with Crippen molar-refractivity contribution in [1.82, 2.24) is 35.4 Å². The van der Waals surface area contributed by atoms with Crippen LogP contribution in [0.25, 0.3) is 22.2 Å². The summed E-state index contributed by atoms with van der Waals surface area (Å²) in [7, 11) is 0. The first-order valence-electron chi connectivity index (χ1n) is 7.78. The number of primary amides is 1. The number of urea groups is 1. The lowest BCUT2D eigenvalue weighted by molar-refractivity contribution is 0.249. The Morgan fingerprint density at radius 2 is 2.26 bits per heavy atom. The van der Waals surface area contributed by atoms with Gasteiger partial charge in [-0.05, 0) is 12.1 Å². The molecule has 10 nitrogen and oxygen atoms in total. The van der Waals surface area contributed by atoms with Crippen LogP contribution in [0.5, 0.6) is 0 Å². The van der Waals surface area contributed by atoms with E-state index in [0.717, 1.165) is 5.39 Å². The number of benzene rings is 1. The van der Waals surface area contributed by atoms with Crippen molar-refractivity contribution in [2.45, 2.75) is 6.54 Å². The van der Waals surface area contributed by atoms with E-state index in [1.807, 2.05) is 6.07 Å². The van der Waals surface area contributed by atoms with E-state index >= 15 is 0 Å². The van der Waals surface area contributed by atoms with E-state index in [0.29, 0.717) is 28.1 Å². The minimum atomic E-state index is -0.798. The number of nitrogens with zero attached hydrogens (tertiary/aromatic N) is 7. The van der Waals surface area contributed by atoms with Crippen molar-refractivity contribution in [2.24, 2.45) is 10.8 Å². The number of nitrogens with two attached hydrogens (primary N) is 1. The molecule has 4 aromatic rings. The highest BCUT2D eigenvalue weighted by Crippen LogP contribution is 2.19. The van der Waals surface area contributed by atoms with Crippen LogP contribution in [-0.4, -0.2) is 42.2 Å². The smallest absolute Gasteiger partial charge is 0.332 e. The molecular formula is C16H12FN9O. The number of hydrogen-bond acceptors (Lipinski definition) is 7. The number of rotatable bonds is 4. The Balaban J connectivity index is 1.68. The molecule has 0 bridgehead atoms. The van der Waals surface area contributed by atoms with Gasteiger partial charge < -0.3 is 5.73 Å². The zero-order chi connectivity index (χ0) is 18.8. The summed E-state index contributed by atoms with van der Waals surface area (Å²) in [6.07, 6.45) is 4.30. The zero-order valence-electron chi connectivity index (χ0n) is 13.7.